The Morgan fingerprint density at radius 1 is 1.75 bits per heavy atom. The summed E-state index contributed by atoms with van der Waals surface area (Å²) in [6, 6.07) is 0. The van der Waals surface area contributed by atoms with E-state index >= 15 is 0 Å². The molecule has 0 atom stereocenters. The average molecular weight is 188 g/mol. The monoisotopic (exact) mass is 189 g/mol. The third kappa shape index (κ3) is 13.5. The summed E-state index contributed by atoms with van der Waals surface area (Å²) in [5.74, 6) is 0. The average Bonchev–Trinajstić information content (AvgIpc) is 0.918. The number of rotatable bonds is 0. The first-order valence-electron chi connectivity index (χ1n) is 0.428. The third-order valence-electron chi connectivity index (χ3n) is 0. The molecule has 0 aromatic rings. The standard InChI is InChI=1S/ClH.H2O.O.Sn/h1H;1H2;;/q;;;+1/p-1. The fourth-order valence-electron chi connectivity index (χ4n) is 0. The Labute approximate surface area is 40.8 Å². The fraction of sp³-hybridized carbons (Fsp3) is 0. The van der Waals surface area contributed by atoms with Crippen LogP contribution < -0.4 is 0 Å². The van der Waals surface area contributed by atoms with Crippen molar-refractivity contribution in [2.24, 2.45) is 0 Å². The molecule has 1 N–H and O–H groups in total. The van der Waals surface area contributed by atoms with E-state index in [9.17, 15) is 0 Å². The van der Waals surface area contributed by atoms with Crippen molar-refractivity contribution in [3.05, 3.63) is 0 Å². The molecule has 0 spiro atoms. The van der Waals surface area contributed by atoms with Gasteiger partial charge in [0.15, 0.2) is 0 Å². The van der Waals surface area contributed by atoms with E-state index in [1.165, 1.54) is 0 Å². The molecule has 0 rings (SSSR count). The van der Waals surface area contributed by atoms with Crippen LogP contribution in [0.1, 0.15) is 0 Å². The summed E-state index contributed by atoms with van der Waals surface area (Å²) in [7, 11) is 0. The molecule has 0 bridgehead atoms. The zero-order chi connectivity index (χ0) is 2.71. The van der Waals surface area contributed by atoms with E-state index < -0.39 is 21.5 Å². The van der Waals surface area contributed by atoms with Gasteiger partial charge in [-0.15, -0.1) is 12.4 Å². The van der Waals surface area contributed by atoms with Gasteiger partial charge in [-0.25, -0.2) is 0 Å². The summed E-state index contributed by atoms with van der Waals surface area (Å²) < 4.78 is 15.8. The van der Waals surface area contributed by atoms with Gasteiger partial charge in [-0.1, -0.05) is 0 Å². The molecule has 0 aliphatic carbocycles. The quantitative estimate of drug-likeness (QED) is 0.514. The van der Waals surface area contributed by atoms with Gasteiger partial charge in [0.25, 0.3) is 0 Å². The predicted octanol–water partition coefficient (Wildman–Crippen LogP) is -0.635. The first kappa shape index (κ1) is 8.85. The molecule has 1 radical (unpaired) electrons. The summed E-state index contributed by atoms with van der Waals surface area (Å²) in [6.45, 7) is 0. The molecule has 2 nitrogen and oxygen atoms in total. The normalized spacial score (nSPS) is 3.25. The van der Waals surface area contributed by atoms with E-state index in [0.29, 0.717) is 0 Å². The molecule has 4 heavy (non-hydrogen) atoms. The maximum atomic E-state index is 8.66. The van der Waals surface area contributed by atoms with Crippen LogP contribution in [-0.4, -0.2) is 25.0 Å². The van der Waals surface area contributed by atoms with E-state index in [-0.39, 0.29) is 12.4 Å². The Balaban J connectivity index is 0. The second-order valence-corrected chi connectivity index (χ2v) is 0.612. The van der Waals surface area contributed by atoms with Crippen LogP contribution in [0.25, 0.3) is 0 Å². The molecule has 0 saturated heterocycles. The van der Waals surface area contributed by atoms with Gasteiger partial charge in [-0.3, -0.25) is 0 Å². The minimum absolute atomic E-state index is 0. The molecule has 0 aromatic heterocycles. The van der Waals surface area contributed by atoms with Crippen molar-refractivity contribution in [1.29, 1.82) is 0 Å². The Morgan fingerprint density at radius 2 is 1.75 bits per heavy atom. The molecule has 0 heterocycles. The minimum atomic E-state index is -2.02. The molecular formula is H2ClO2Sn. The Morgan fingerprint density at radius 3 is 1.75 bits per heavy atom. The van der Waals surface area contributed by atoms with Crippen LogP contribution in [0.15, 0.2) is 0 Å². The molecule has 0 aromatic carbocycles. The van der Waals surface area contributed by atoms with Gasteiger partial charge in [0.2, 0.25) is 0 Å². The molecule has 4 heteroatoms. The van der Waals surface area contributed by atoms with Gasteiger partial charge in [-0.05, 0) is 0 Å². The second kappa shape index (κ2) is 9.14. The van der Waals surface area contributed by atoms with E-state index in [2.05, 4.69) is 0 Å². The van der Waals surface area contributed by atoms with Crippen molar-refractivity contribution >= 4 is 33.9 Å². The van der Waals surface area contributed by atoms with Gasteiger partial charge in [-0.2, -0.15) is 0 Å². The summed E-state index contributed by atoms with van der Waals surface area (Å²) in [5, 5.41) is 0. The van der Waals surface area contributed by atoms with Gasteiger partial charge < -0.3 is 0 Å². The molecule has 0 aliphatic rings. The van der Waals surface area contributed by atoms with Crippen LogP contribution >= 0.6 is 12.4 Å². The van der Waals surface area contributed by atoms with Gasteiger partial charge >= 0.3 is 28.1 Å². The van der Waals surface area contributed by atoms with Crippen LogP contribution in [-0.2, 0) is 3.08 Å². The SMILES string of the molecule is Cl.[O]=[Sn][OH]. The van der Waals surface area contributed by atoms with Crippen molar-refractivity contribution in [1.82, 2.24) is 0 Å². The first-order valence-corrected chi connectivity index (χ1v) is 2.87. The second-order valence-electron chi connectivity index (χ2n) is 0.0913. The van der Waals surface area contributed by atoms with Gasteiger partial charge in [0.05, 0.1) is 0 Å². The Bertz CT molecular complexity index is 13.5. The zero-order valence-electron chi connectivity index (χ0n) is 1.76. The molecule has 25 valence electrons. The van der Waals surface area contributed by atoms with Gasteiger partial charge in [0, 0.05) is 0 Å². The van der Waals surface area contributed by atoms with Crippen molar-refractivity contribution in [2.75, 3.05) is 0 Å². The molecule has 0 unspecified atom stereocenters. The van der Waals surface area contributed by atoms with Crippen LogP contribution in [0.4, 0.5) is 0 Å². The molecular weight excluding hydrogens is 186 g/mol. The van der Waals surface area contributed by atoms with Crippen molar-refractivity contribution in [3.63, 3.8) is 0 Å². The summed E-state index contributed by atoms with van der Waals surface area (Å²) in [5.41, 5.74) is 0. The Hall–Kier alpha value is 0.849. The topological polar surface area (TPSA) is 37.3 Å². The van der Waals surface area contributed by atoms with E-state index in [4.69, 9.17) is 6.52 Å². The molecule has 0 amide bonds. The van der Waals surface area contributed by atoms with Crippen LogP contribution in [0.2, 0.25) is 0 Å². The first-order chi connectivity index (χ1) is 1.41. The van der Waals surface area contributed by atoms with Crippen molar-refractivity contribution in [3.8, 4) is 0 Å². The third-order valence-corrected chi connectivity index (χ3v) is 0. The van der Waals surface area contributed by atoms with Crippen molar-refractivity contribution < 1.29 is 6.52 Å². The summed E-state index contributed by atoms with van der Waals surface area (Å²) in [6.07, 6.45) is 0. The zero-order valence-corrected chi connectivity index (χ0v) is 5.43. The Kier molecular flexibility index (Phi) is 20.2. The van der Waals surface area contributed by atoms with E-state index in [1.54, 1.807) is 0 Å². The number of hydrogen-bond donors (Lipinski definition) is 1. The van der Waals surface area contributed by atoms with E-state index in [1.807, 2.05) is 0 Å². The van der Waals surface area contributed by atoms with Crippen molar-refractivity contribution in [2.45, 2.75) is 0 Å². The number of halogens is 1. The fourth-order valence-corrected chi connectivity index (χ4v) is 0. The van der Waals surface area contributed by atoms with Crippen LogP contribution in [0, 0.1) is 0 Å². The summed E-state index contributed by atoms with van der Waals surface area (Å²) >= 11 is -2.02. The van der Waals surface area contributed by atoms with Crippen LogP contribution in [0.3, 0.4) is 0 Å². The van der Waals surface area contributed by atoms with Gasteiger partial charge in [0.1, 0.15) is 0 Å². The molecule has 0 saturated carbocycles. The summed E-state index contributed by atoms with van der Waals surface area (Å²) in [4.78, 5) is 0. The maximum absolute atomic E-state index is 8.66. The number of hydrogen-bond acceptors (Lipinski definition) is 1. The predicted molar refractivity (Wildman–Crippen MR) is 15.9 cm³/mol. The van der Waals surface area contributed by atoms with Crippen LogP contribution in [0.5, 0.6) is 0 Å². The molecule has 0 fully saturated rings. The van der Waals surface area contributed by atoms with E-state index in [0.717, 1.165) is 0 Å². The molecule has 0 aliphatic heterocycles.